The summed E-state index contributed by atoms with van der Waals surface area (Å²) in [5.41, 5.74) is 0.805. The standard InChI is InChI=1S/C19H23N3O3/c23-18(20-16-5-2-1-3-6-16)15-21-10-12-22(13-11-21)19(24)9-8-17-7-4-14-25-17/h1-7,14H,8-13,15H2,(H,20,23). The molecule has 1 aromatic carbocycles. The van der Waals surface area contributed by atoms with Gasteiger partial charge in [0.2, 0.25) is 11.8 Å². The molecule has 1 aromatic heterocycles. The molecule has 0 spiro atoms. The average Bonchev–Trinajstić information content (AvgIpc) is 3.14. The third-order valence-electron chi connectivity index (χ3n) is 4.32. The van der Waals surface area contributed by atoms with Crippen molar-refractivity contribution in [3.63, 3.8) is 0 Å². The number of anilines is 1. The number of aryl methyl sites for hydroxylation is 1. The highest BCUT2D eigenvalue weighted by molar-refractivity contribution is 5.92. The van der Waals surface area contributed by atoms with E-state index in [0.29, 0.717) is 45.6 Å². The SMILES string of the molecule is O=C(CN1CCN(C(=O)CCc2ccco2)CC1)Nc1ccccc1. The normalized spacial score (nSPS) is 15.1. The van der Waals surface area contributed by atoms with Crippen LogP contribution in [0.25, 0.3) is 0 Å². The number of hydrogen-bond acceptors (Lipinski definition) is 4. The van der Waals surface area contributed by atoms with Gasteiger partial charge in [0.25, 0.3) is 0 Å². The Morgan fingerprint density at radius 2 is 1.76 bits per heavy atom. The Labute approximate surface area is 147 Å². The summed E-state index contributed by atoms with van der Waals surface area (Å²) in [4.78, 5) is 28.3. The summed E-state index contributed by atoms with van der Waals surface area (Å²) in [6.45, 7) is 3.11. The molecule has 132 valence electrons. The van der Waals surface area contributed by atoms with Crippen molar-refractivity contribution in [2.45, 2.75) is 12.8 Å². The minimum Gasteiger partial charge on any atom is -0.469 e. The number of piperazine rings is 1. The predicted octanol–water partition coefficient (Wildman–Crippen LogP) is 2.00. The summed E-state index contributed by atoms with van der Waals surface area (Å²) < 4.78 is 5.26. The Balaban J connectivity index is 1.38. The first kappa shape index (κ1) is 17.2. The van der Waals surface area contributed by atoms with Crippen molar-refractivity contribution in [1.29, 1.82) is 0 Å². The van der Waals surface area contributed by atoms with E-state index in [1.807, 2.05) is 47.4 Å². The van der Waals surface area contributed by atoms with Crippen LogP contribution in [0.5, 0.6) is 0 Å². The van der Waals surface area contributed by atoms with Gasteiger partial charge in [0.1, 0.15) is 5.76 Å². The Kier molecular flexibility index (Phi) is 5.85. The van der Waals surface area contributed by atoms with Crippen molar-refractivity contribution in [3.8, 4) is 0 Å². The van der Waals surface area contributed by atoms with Gasteiger partial charge in [0, 0.05) is 44.7 Å². The number of para-hydroxylation sites is 1. The van der Waals surface area contributed by atoms with Crippen molar-refractivity contribution in [1.82, 2.24) is 9.80 Å². The molecular formula is C19H23N3O3. The maximum Gasteiger partial charge on any atom is 0.238 e. The number of carbonyl (C=O) groups is 2. The Hall–Kier alpha value is -2.60. The smallest absolute Gasteiger partial charge is 0.238 e. The van der Waals surface area contributed by atoms with Crippen molar-refractivity contribution >= 4 is 17.5 Å². The zero-order chi connectivity index (χ0) is 17.5. The molecule has 2 aromatic rings. The van der Waals surface area contributed by atoms with Gasteiger partial charge in [-0.25, -0.2) is 0 Å². The highest BCUT2D eigenvalue weighted by atomic mass is 16.3. The summed E-state index contributed by atoms with van der Waals surface area (Å²) in [6.07, 6.45) is 2.71. The molecule has 1 aliphatic heterocycles. The van der Waals surface area contributed by atoms with Crippen molar-refractivity contribution in [2.24, 2.45) is 0 Å². The van der Waals surface area contributed by atoms with Gasteiger partial charge >= 0.3 is 0 Å². The van der Waals surface area contributed by atoms with E-state index in [1.54, 1.807) is 6.26 Å². The lowest BCUT2D eigenvalue weighted by Crippen LogP contribution is -2.50. The van der Waals surface area contributed by atoms with Gasteiger partial charge < -0.3 is 14.6 Å². The van der Waals surface area contributed by atoms with Gasteiger partial charge in [0.15, 0.2) is 0 Å². The molecule has 0 radical (unpaired) electrons. The van der Waals surface area contributed by atoms with Crippen LogP contribution in [0.1, 0.15) is 12.2 Å². The summed E-state index contributed by atoms with van der Waals surface area (Å²) in [5, 5.41) is 2.89. The fourth-order valence-corrected chi connectivity index (χ4v) is 2.92. The molecule has 0 bridgehead atoms. The predicted molar refractivity (Wildman–Crippen MR) is 95.1 cm³/mol. The number of rotatable bonds is 6. The molecule has 3 rings (SSSR count). The van der Waals surface area contributed by atoms with Crippen LogP contribution in [0.15, 0.2) is 53.1 Å². The minimum absolute atomic E-state index is 0.0243. The van der Waals surface area contributed by atoms with E-state index in [2.05, 4.69) is 10.2 Å². The Morgan fingerprint density at radius 3 is 2.44 bits per heavy atom. The number of nitrogens with zero attached hydrogens (tertiary/aromatic N) is 2. The molecular weight excluding hydrogens is 318 g/mol. The van der Waals surface area contributed by atoms with Gasteiger partial charge in [-0.2, -0.15) is 0 Å². The molecule has 6 heteroatoms. The third kappa shape index (κ3) is 5.19. The number of benzene rings is 1. The van der Waals surface area contributed by atoms with Crippen LogP contribution in [0, 0.1) is 0 Å². The van der Waals surface area contributed by atoms with Crippen molar-refractivity contribution < 1.29 is 14.0 Å². The van der Waals surface area contributed by atoms with E-state index < -0.39 is 0 Å². The molecule has 2 heterocycles. The van der Waals surface area contributed by atoms with Gasteiger partial charge in [-0.1, -0.05) is 18.2 Å². The molecule has 1 fully saturated rings. The second-order valence-electron chi connectivity index (χ2n) is 6.15. The summed E-state index contributed by atoms with van der Waals surface area (Å²) >= 11 is 0. The first-order valence-electron chi connectivity index (χ1n) is 8.58. The molecule has 0 aliphatic carbocycles. The summed E-state index contributed by atoms with van der Waals surface area (Å²) in [7, 11) is 0. The van der Waals surface area contributed by atoms with E-state index in [9.17, 15) is 9.59 Å². The van der Waals surface area contributed by atoms with Crippen molar-refractivity contribution in [2.75, 3.05) is 38.0 Å². The van der Waals surface area contributed by atoms with E-state index in [4.69, 9.17) is 4.42 Å². The quantitative estimate of drug-likeness (QED) is 0.873. The molecule has 1 aliphatic rings. The van der Waals surface area contributed by atoms with Crippen LogP contribution in [-0.4, -0.2) is 54.3 Å². The molecule has 1 N–H and O–H groups in total. The highest BCUT2D eigenvalue weighted by Crippen LogP contribution is 2.09. The lowest BCUT2D eigenvalue weighted by molar-refractivity contribution is -0.133. The first-order chi connectivity index (χ1) is 12.2. The second kappa shape index (κ2) is 8.48. The van der Waals surface area contributed by atoms with E-state index >= 15 is 0 Å². The van der Waals surface area contributed by atoms with Crippen LogP contribution in [-0.2, 0) is 16.0 Å². The van der Waals surface area contributed by atoms with Crippen LogP contribution >= 0.6 is 0 Å². The number of hydrogen-bond donors (Lipinski definition) is 1. The van der Waals surface area contributed by atoms with Gasteiger partial charge in [-0.15, -0.1) is 0 Å². The monoisotopic (exact) mass is 341 g/mol. The number of amides is 2. The molecule has 0 unspecified atom stereocenters. The number of carbonyl (C=O) groups excluding carboxylic acids is 2. The van der Waals surface area contributed by atoms with Crippen molar-refractivity contribution in [3.05, 3.63) is 54.5 Å². The fourth-order valence-electron chi connectivity index (χ4n) is 2.92. The van der Waals surface area contributed by atoms with Gasteiger partial charge in [-0.05, 0) is 24.3 Å². The zero-order valence-corrected chi connectivity index (χ0v) is 14.2. The van der Waals surface area contributed by atoms with Crippen LogP contribution < -0.4 is 5.32 Å². The number of nitrogens with one attached hydrogen (secondary N) is 1. The zero-order valence-electron chi connectivity index (χ0n) is 14.2. The molecule has 0 saturated carbocycles. The second-order valence-corrected chi connectivity index (χ2v) is 6.15. The molecule has 25 heavy (non-hydrogen) atoms. The largest absolute Gasteiger partial charge is 0.469 e. The lowest BCUT2D eigenvalue weighted by atomic mass is 10.2. The number of furan rings is 1. The molecule has 1 saturated heterocycles. The Bertz CT molecular complexity index is 677. The van der Waals surface area contributed by atoms with Gasteiger partial charge in [0.05, 0.1) is 12.8 Å². The third-order valence-corrected chi connectivity index (χ3v) is 4.32. The Morgan fingerprint density at radius 1 is 1.00 bits per heavy atom. The first-order valence-corrected chi connectivity index (χ1v) is 8.58. The molecule has 6 nitrogen and oxygen atoms in total. The maximum atomic E-state index is 12.2. The van der Waals surface area contributed by atoms with E-state index in [1.165, 1.54) is 0 Å². The maximum absolute atomic E-state index is 12.2. The fraction of sp³-hybridized carbons (Fsp3) is 0.368. The van der Waals surface area contributed by atoms with Crippen LogP contribution in [0.2, 0.25) is 0 Å². The van der Waals surface area contributed by atoms with E-state index in [0.717, 1.165) is 11.4 Å². The summed E-state index contributed by atoms with van der Waals surface area (Å²) in [6, 6.07) is 13.2. The van der Waals surface area contributed by atoms with Gasteiger partial charge in [-0.3, -0.25) is 14.5 Å². The van der Waals surface area contributed by atoms with Crippen LogP contribution in [0.3, 0.4) is 0 Å². The molecule has 0 atom stereocenters. The highest BCUT2D eigenvalue weighted by Gasteiger charge is 2.22. The lowest BCUT2D eigenvalue weighted by Gasteiger charge is -2.34. The summed E-state index contributed by atoms with van der Waals surface area (Å²) in [5.74, 6) is 0.957. The van der Waals surface area contributed by atoms with E-state index in [-0.39, 0.29) is 11.8 Å². The topological polar surface area (TPSA) is 65.8 Å². The minimum atomic E-state index is -0.0243. The average molecular weight is 341 g/mol. The molecule has 2 amide bonds. The van der Waals surface area contributed by atoms with Crippen LogP contribution in [0.4, 0.5) is 5.69 Å².